The number of rotatable bonds is 4. The highest BCUT2D eigenvalue weighted by Crippen LogP contribution is 2.23. The molecule has 3 aromatic rings. The maximum atomic E-state index is 13.0. The molecule has 2 aromatic heterocycles. The van der Waals surface area contributed by atoms with Gasteiger partial charge in [-0.25, -0.2) is 4.68 Å². The van der Waals surface area contributed by atoms with Crippen molar-refractivity contribution in [3.63, 3.8) is 0 Å². The molecule has 7 nitrogen and oxygen atoms in total. The molecule has 1 aromatic carbocycles. The minimum atomic E-state index is -0.172. The van der Waals surface area contributed by atoms with Crippen LogP contribution in [0.1, 0.15) is 22.6 Å². The van der Waals surface area contributed by atoms with Gasteiger partial charge in [-0.15, -0.1) is 5.10 Å². The Morgan fingerprint density at radius 2 is 2.15 bits per heavy atom. The molecule has 1 fully saturated rings. The molecule has 0 spiro atoms. The van der Waals surface area contributed by atoms with Crippen LogP contribution in [0.2, 0.25) is 0 Å². The summed E-state index contributed by atoms with van der Waals surface area (Å²) < 4.78 is 7.20. The number of nitrogens with zero attached hydrogens (tertiary/aromatic N) is 5. The first kappa shape index (κ1) is 17.5. The van der Waals surface area contributed by atoms with Gasteiger partial charge in [-0.2, -0.15) is 4.98 Å². The number of benzene rings is 1. The second-order valence-electron chi connectivity index (χ2n) is 7.11. The summed E-state index contributed by atoms with van der Waals surface area (Å²) in [6.07, 6.45) is 2.55. The highest BCUT2D eigenvalue weighted by Gasteiger charge is 2.30. The molecule has 140 valence electrons. The number of aryl methyl sites for hydroxylation is 1. The van der Waals surface area contributed by atoms with Crippen molar-refractivity contribution in [2.45, 2.75) is 19.4 Å². The molecule has 1 amide bonds. The van der Waals surface area contributed by atoms with E-state index in [2.05, 4.69) is 22.0 Å². The average molecular weight is 365 g/mol. The van der Waals surface area contributed by atoms with Crippen LogP contribution >= 0.6 is 0 Å². The second kappa shape index (κ2) is 7.00. The number of furan rings is 1. The van der Waals surface area contributed by atoms with Crippen molar-refractivity contribution in [1.29, 1.82) is 0 Å². The average Bonchev–Trinajstić information content (AvgIpc) is 3.40. The lowest BCUT2D eigenvalue weighted by Gasteiger charge is -2.22. The molecule has 1 aliphatic heterocycles. The van der Waals surface area contributed by atoms with Crippen molar-refractivity contribution in [2.24, 2.45) is 0 Å². The van der Waals surface area contributed by atoms with E-state index in [4.69, 9.17) is 4.42 Å². The third-order valence-electron chi connectivity index (χ3n) is 5.02. The van der Waals surface area contributed by atoms with Gasteiger partial charge in [0.1, 0.15) is 0 Å². The standard InChI is InChI=1S/C20H23N5O2/c1-14-6-4-7-15(12-14)25-19(17-8-5-11-27-17)21-18(22-25)20(26)24(3)16-9-10-23(2)13-16/h4-8,11-12,16H,9-10,13H2,1-3H3. The zero-order valence-electron chi connectivity index (χ0n) is 15.8. The topological polar surface area (TPSA) is 67.4 Å². The number of likely N-dealkylation sites (tertiary alicyclic amines) is 1. The number of amides is 1. The Bertz CT molecular complexity index is 947. The van der Waals surface area contributed by atoms with Gasteiger partial charge in [0.05, 0.1) is 12.0 Å². The summed E-state index contributed by atoms with van der Waals surface area (Å²) in [6, 6.07) is 11.7. The lowest BCUT2D eigenvalue weighted by Crippen LogP contribution is -2.39. The van der Waals surface area contributed by atoms with Crippen LogP contribution in [0, 0.1) is 6.92 Å². The van der Waals surface area contributed by atoms with Gasteiger partial charge in [-0.3, -0.25) is 4.79 Å². The van der Waals surface area contributed by atoms with Gasteiger partial charge >= 0.3 is 0 Å². The lowest BCUT2D eigenvalue weighted by molar-refractivity contribution is 0.0725. The lowest BCUT2D eigenvalue weighted by atomic mass is 10.2. The molecule has 1 unspecified atom stereocenters. The van der Waals surface area contributed by atoms with Crippen LogP contribution in [0.3, 0.4) is 0 Å². The van der Waals surface area contributed by atoms with Crippen molar-refractivity contribution in [2.75, 3.05) is 27.2 Å². The van der Waals surface area contributed by atoms with Crippen LogP contribution in [0.15, 0.2) is 47.1 Å². The number of hydrogen-bond donors (Lipinski definition) is 0. The van der Waals surface area contributed by atoms with E-state index in [1.165, 1.54) is 0 Å². The smallest absolute Gasteiger partial charge is 0.293 e. The minimum absolute atomic E-state index is 0.172. The fourth-order valence-corrected chi connectivity index (χ4v) is 3.46. The van der Waals surface area contributed by atoms with E-state index >= 15 is 0 Å². The highest BCUT2D eigenvalue weighted by molar-refractivity contribution is 5.91. The molecule has 1 atom stereocenters. The van der Waals surface area contributed by atoms with Crippen molar-refractivity contribution in [3.8, 4) is 17.3 Å². The molecule has 4 rings (SSSR count). The van der Waals surface area contributed by atoms with Gasteiger partial charge in [-0.1, -0.05) is 12.1 Å². The Kier molecular flexibility index (Phi) is 4.53. The number of hydrogen-bond acceptors (Lipinski definition) is 5. The number of likely N-dealkylation sites (N-methyl/N-ethyl adjacent to an activating group) is 2. The first-order valence-electron chi connectivity index (χ1n) is 9.06. The van der Waals surface area contributed by atoms with Gasteiger partial charge in [0.2, 0.25) is 5.82 Å². The van der Waals surface area contributed by atoms with Crippen LogP contribution in [0.4, 0.5) is 0 Å². The molecule has 1 saturated heterocycles. The van der Waals surface area contributed by atoms with E-state index in [-0.39, 0.29) is 17.8 Å². The Hall–Kier alpha value is -2.93. The van der Waals surface area contributed by atoms with Gasteiger partial charge < -0.3 is 14.2 Å². The molecule has 3 heterocycles. The Morgan fingerprint density at radius 3 is 2.81 bits per heavy atom. The van der Waals surface area contributed by atoms with Crippen LogP contribution in [0.5, 0.6) is 0 Å². The fraction of sp³-hybridized carbons (Fsp3) is 0.350. The summed E-state index contributed by atoms with van der Waals surface area (Å²) in [7, 11) is 3.89. The fourth-order valence-electron chi connectivity index (χ4n) is 3.46. The van der Waals surface area contributed by atoms with Gasteiger partial charge in [-0.05, 0) is 56.8 Å². The minimum Gasteiger partial charge on any atom is -0.461 e. The van der Waals surface area contributed by atoms with Crippen LogP contribution < -0.4 is 0 Å². The van der Waals surface area contributed by atoms with Crippen LogP contribution in [-0.2, 0) is 0 Å². The summed E-state index contributed by atoms with van der Waals surface area (Å²) in [5, 5.41) is 4.53. The molecule has 0 saturated carbocycles. The van der Waals surface area contributed by atoms with Crippen molar-refractivity contribution in [1.82, 2.24) is 24.6 Å². The number of carbonyl (C=O) groups excluding carboxylic acids is 1. The molecule has 0 N–H and O–H groups in total. The van der Waals surface area contributed by atoms with Crippen LogP contribution in [0.25, 0.3) is 17.3 Å². The van der Waals surface area contributed by atoms with Crippen molar-refractivity contribution < 1.29 is 9.21 Å². The van der Waals surface area contributed by atoms with E-state index in [0.717, 1.165) is 30.8 Å². The predicted octanol–water partition coefficient (Wildman–Crippen LogP) is 2.61. The summed E-state index contributed by atoms with van der Waals surface area (Å²) in [4.78, 5) is 21.5. The first-order chi connectivity index (χ1) is 13.0. The Labute approximate surface area is 158 Å². The third-order valence-corrected chi connectivity index (χ3v) is 5.02. The highest BCUT2D eigenvalue weighted by atomic mass is 16.3. The summed E-state index contributed by atoms with van der Waals surface area (Å²) in [5.74, 6) is 1.10. The number of aromatic nitrogens is 3. The SMILES string of the molecule is Cc1cccc(-n2nc(C(=O)N(C)C3CCN(C)C3)nc2-c2ccco2)c1. The van der Waals surface area contributed by atoms with Gasteiger partial charge in [0.25, 0.3) is 5.91 Å². The summed E-state index contributed by atoms with van der Waals surface area (Å²) >= 11 is 0. The normalized spacial score (nSPS) is 17.4. The van der Waals surface area contributed by atoms with Crippen molar-refractivity contribution in [3.05, 3.63) is 54.0 Å². The molecular formula is C20H23N5O2. The first-order valence-corrected chi connectivity index (χ1v) is 9.06. The van der Waals surface area contributed by atoms with E-state index in [1.807, 2.05) is 44.3 Å². The van der Waals surface area contributed by atoms with Gasteiger partial charge in [0, 0.05) is 19.6 Å². The Balaban J connectivity index is 1.72. The van der Waals surface area contributed by atoms with E-state index in [1.54, 1.807) is 21.9 Å². The zero-order chi connectivity index (χ0) is 19.0. The third kappa shape index (κ3) is 3.38. The zero-order valence-corrected chi connectivity index (χ0v) is 15.8. The largest absolute Gasteiger partial charge is 0.461 e. The summed E-state index contributed by atoms with van der Waals surface area (Å²) in [6.45, 7) is 3.88. The van der Waals surface area contributed by atoms with Crippen LogP contribution in [-0.4, -0.2) is 63.7 Å². The number of carbonyl (C=O) groups is 1. The Morgan fingerprint density at radius 1 is 1.30 bits per heavy atom. The monoisotopic (exact) mass is 365 g/mol. The quantitative estimate of drug-likeness (QED) is 0.711. The molecule has 0 radical (unpaired) electrons. The molecule has 0 bridgehead atoms. The molecular weight excluding hydrogens is 342 g/mol. The van der Waals surface area contributed by atoms with Crippen molar-refractivity contribution >= 4 is 5.91 Å². The maximum absolute atomic E-state index is 13.0. The van der Waals surface area contributed by atoms with E-state index in [9.17, 15) is 4.79 Å². The molecule has 27 heavy (non-hydrogen) atoms. The second-order valence-corrected chi connectivity index (χ2v) is 7.11. The predicted molar refractivity (Wildman–Crippen MR) is 102 cm³/mol. The maximum Gasteiger partial charge on any atom is 0.293 e. The summed E-state index contributed by atoms with van der Waals surface area (Å²) in [5.41, 5.74) is 1.95. The molecule has 1 aliphatic rings. The van der Waals surface area contributed by atoms with E-state index < -0.39 is 0 Å². The van der Waals surface area contributed by atoms with E-state index in [0.29, 0.717) is 11.6 Å². The molecule has 7 heteroatoms. The molecule has 0 aliphatic carbocycles. The van der Waals surface area contributed by atoms with Gasteiger partial charge in [0.15, 0.2) is 11.6 Å².